The second kappa shape index (κ2) is 3.38. The molecule has 0 fully saturated rings. The van der Waals surface area contributed by atoms with Gasteiger partial charge in [0.25, 0.3) is 0 Å². The van der Waals surface area contributed by atoms with Crippen molar-refractivity contribution >= 4 is 16.7 Å². The zero-order valence-corrected chi connectivity index (χ0v) is 7.75. The Morgan fingerprint density at radius 2 is 2.43 bits per heavy atom. The fourth-order valence-corrected chi connectivity index (χ4v) is 1.27. The molecule has 0 spiro atoms. The number of aromatic nitrogens is 2. The van der Waals surface area contributed by atoms with E-state index >= 15 is 0 Å². The van der Waals surface area contributed by atoms with Gasteiger partial charge in [0.15, 0.2) is 0 Å². The maximum Gasteiger partial charge on any atom is 0.111 e. The molecule has 3 heteroatoms. The van der Waals surface area contributed by atoms with E-state index in [1.54, 1.807) is 12.3 Å². The summed E-state index contributed by atoms with van der Waals surface area (Å²) in [4.78, 5) is 7.38. The molecule has 0 radical (unpaired) electrons. The number of nitrogens with one attached hydrogen (secondary N) is 2. The van der Waals surface area contributed by atoms with E-state index in [4.69, 9.17) is 0 Å². The minimum Gasteiger partial charge on any atom is -0.358 e. The maximum atomic E-state index is 4.26. The van der Waals surface area contributed by atoms with Gasteiger partial charge in [-0.25, -0.2) is 0 Å². The van der Waals surface area contributed by atoms with Gasteiger partial charge in [-0.2, -0.15) is 0 Å². The first-order valence-electron chi connectivity index (χ1n) is 4.31. The Labute approximate surface area is 82.2 Å². The zero-order chi connectivity index (χ0) is 9.97. The molecule has 2 heterocycles. The van der Waals surface area contributed by atoms with Crippen molar-refractivity contribution in [1.82, 2.24) is 9.97 Å². The standard InChI is InChI=1S/C11H11N3/c1-3-8(2)14-10-7-13-9-5-4-6-12-11(9)10/h3-7,13-14H,1-2H2. The first-order chi connectivity index (χ1) is 6.81. The van der Waals surface area contributed by atoms with Gasteiger partial charge in [-0.1, -0.05) is 13.2 Å². The van der Waals surface area contributed by atoms with Crippen molar-refractivity contribution < 1.29 is 0 Å². The molecular formula is C11H11N3. The van der Waals surface area contributed by atoms with Crippen molar-refractivity contribution in [3.05, 3.63) is 49.5 Å². The third-order valence-corrected chi connectivity index (χ3v) is 1.98. The van der Waals surface area contributed by atoms with Crippen LogP contribution in [0.3, 0.4) is 0 Å². The zero-order valence-electron chi connectivity index (χ0n) is 7.75. The molecule has 2 aromatic rings. The smallest absolute Gasteiger partial charge is 0.111 e. The molecule has 3 nitrogen and oxygen atoms in total. The van der Waals surface area contributed by atoms with Gasteiger partial charge in [0, 0.05) is 18.1 Å². The Morgan fingerprint density at radius 3 is 3.21 bits per heavy atom. The third kappa shape index (κ3) is 1.40. The number of H-pyrrole nitrogens is 1. The molecule has 0 aliphatic carbocycles. The molecule has 70 valence electrons. The topological polar surface area (TPSA) is 40.7 Å². The van der Waals surface area contributed by atoms with E-state index in [2.05, 4.69) is 28.4 Å². The van der Waals surface area contributed by atoms with E-state index in [0.29, 0.717) is 0 Å². The van der Waals surface area contributed by atoms with E-state index in [-0.39, 0.29) is 0 Å². The van der Waals surface area contributed by atoms with Gasteiger partial charge >= 0.3 is 0 Å². The molecule has 14 heavy (non-hydrogen) atoms. The second-order valence-electron chi connectivity index (χ2n) is 2.96. The van der Waals surface area contributed by atoms with E-state index < -0.39 is 0 Å². The molecular weight excluding hydrogens is 174 g/mol. The van der Waals surface area contributed by atoms with E-state index in [9.17, 15) is 0 Å². The minimum atomic E-state index is 0.761. The highest BCUT2D eigenvalue weighted by molar-refractivity contribution is 5.89. The normalized spacial score (nSPS) is 10.0. The van der Waals surface area contributed by atoms with Crippen molar-refractivity contribution in [2.24, 2.45) is 0 Å². The Bertz CT molecular complexity index is 482. The Morgan fingerprint density at radius 1 is 1.57 bits per heavy atom. The van der Waals surface area contributed by atoms with Crippen LogP contribution in [0.2, 0.25) is 0 Å². The number of nitrogens with zero attached hydrogens (tertiary/aromatic N) is 1. The summed E-state index contributed by atoms with van der Waals surface area (Å²) in [6.07, 6.45) is 5.30. The number of fused-ring (bicyclic) bond motifs is 1. The summed E-state index contributed by atoms with van der Waals surface area (Å²) in [6.45, 7) is 7.41. The average molecular weight is 185 g/mol. The van der Waals surface area contributed by atoms with Crippen molar-refractivity contribution in [2.75, 3.05) is 5.32 Å². The maximum absolute atomic E-state index is 4.26. The number of hydrogen-bond acceptors (Lipinski definition) is 2. The van der Waals surface area contributed by atoms with Crippen LogP contribution in [-0.4, -0.2) is 9.97 Å². The Balaban J connectivity index is 2.43. The lowest BCUT2D eigenvalue weighted by atomic mass is 10.3. The van der Waals surface area contributed by atoms with Crippen molar-refractivity contribution in [2.45, 2.75) is 0 Å². The summed E-state index contributed by atoms with van der Waals surface area (Å²) < 4.78 is 0. The highest BCUT2D eigenvalue weighted by Gasteiger charge is 2.02. The number of anilines is 1. The lowest BCUT2D eigenvalue weighted by Gasteiger charge is -2.01. The summed E-state index contributed by atoms with van der Waals surface area (Å²) in [5.41, 5.74) is 3.60. The van der Waals surface area contributed by atoms with Crippen LogP contribution in [0.4, 0.5) is 5.69 Å². The highest BCUT2D eigenvalue weighted by atomic mass is 14.9. The first-order valence-corrected chi connectivity index (χ1v) is 4.31. The van der Waals surface area contributed by atoms with Crippen LogP contribution >= 0.6 is 0 Å². The summed E-state index contributed by atoms with van der Waals surface area (Å²) in [7, 11) is 0. The summed E-state index contributed by atoms with van der Waals surface area (Å²) in [6, 6.07) is 3.87. The molecule has 0 unspecified atom stereocenters. The second-order valence-corrected chi connectivity index (χ2v) is 2.96. The summed E-state index contributed by atoms with van der Waals surface area (Å²) in [5, 5.41) is 3.11. The molecule has 0 aliphatic rings. The predicted molar refractivity (Wildman–Crippen MR) is 59.1 cm³/mol. The van der Waals surface area contributed by atoms with Gasteiger partial charge in [0.2, 0.25) is 0 Å². The number of hydrogen-bond donors (Lipinski definition) is 2. The monoisotopic (exact) mass is 185 g/mol. The Kier molecular flexibility index (Phi) is 2.07. The molecule has 0 aromatic carbocycles. The number of rotatable bonds is 3. The van der Waals surface area contributed by atoms with Crippen molar-refractivity contribution in [3.63, 3.8) is 0 Å². The first kappa shape index (κ1) is 8.56. The molecule has 0 saturated heterocycles. The molecule has 2 N–H and O–H groups in total. The number of aromatic amines is 1. The van der Waals surface area contributed by atoms with Crippen LogP contribution in [0.5, 0.6) is 0 Å². The predicted octanol–water partition coefficient (Wildman–Crippen LogP) is 2.67. The van der Waals surface area contributed by atoms with Gasteiger partial charge in [0.1, 0.15) is 5.52 Å². The van der Waals surface area contributed by atoms with Crippen LogP contribution in [0.25, 0.3) is 11.0 Å². The average Bonchev–Trinajstić information content (AvgIpc) is 2.62. The Hall–Kier alpha value is -2.03. The third-order valence-electron chi connectivity index (χ3n) is 1.98. The van der Waals surface area contributed by atoms with E-state index in [1.165, 1.54) is 0 Å². The summed E-state index contributed by atoms with van der Waals surface area (Å²) >= 11 is 0. The molecule has 2 aromatic heterocycles. The van der Waals surface area contributed by atoms with Crippen LogP contribution in [0.15, 0.2) is 49.5 Å². The van der Waals surface area contributed by atoms with Crippen LogP contribution in [0, 0.1) is 0 Å². The van der Waals surface area contributed by atoms with Gasteiger partial charge < -0.3 is 10.3 Å². The van der Waals surface area contributed by atoms with Gasteiger partial charge in [-0.15, -0.1) is 0 Å². The van der Waals surface area contributed by atoms with Crippen LogP contribution in [-0.2, 0) is 0 Å². The molecule has 0 bridgehead atoms. The van der Waals surface area contributed by atoms with Gasteiger partial charge in [-0.3, -0.25) is 4.98 Å². The lowest BCUT2D eigenvalue weighted by Crippen LogP contribution is -1.93. The summed E-state index contributed by atoms with van der Waals surface area (Å²) in [5.74, 6) is 0. The number of allylic oxidation sites excluding steroid dienone is 1. The quantitative estimate of drug-likeness (QED) is 0.722. The highest BCUT2D eigenvalue weighted by Crippen LogP contribution is 2.21. The fraction of sp³-hybridized carbons (Fsp3) is 0. The largest absolute Gasteiger partial charge is 0.358 e. The minimum absolute atomic E-state index is 0.761. The van der Waals surface area contributed by atoms with E-state index in [0.717, 1.165) is 22.4 Å². The molecule has 2 rings (SSSR count). The van der Waals surface area contributed by atoms with Gasteiger partial charge in [0.05, 0.1) is 11.2 Å². The lowest BCUT2D eigenvalue weighted by molar-refractivity contribution is 1.40. The van der Waals surface area contributed by atoms with Crippen LogP contribution in [0.1, 0.15) is 0 Å². The van der Waals surface area contributed by atoms with Crippen molar-refractivity contribution in [1.29, 1.82) is 0 Å². The number of pyridine rings is 1. The SMILES string of the molecule is C=CC(=C)Nc1c[nH]c2cccnc12. The fourth-order valence-electron chi connectivity index (χ4n) is 1.27. The van der Waals surface area contributed by atoms with Crippen molar-refractivity contribution in [3.8, 4) is 0 Å². The van der Waals surface area contributed by atoms with Crippen LogP contribution < -0.4 is 5.32 Å². The molecule has 0 aliphatic heterocycles. The van der Waals surface area contributed by atoms with Gasteiger partial charge in [-0.05, 0) is 18.2 Å². The molecule has 0 atom stereocenters. The molecule has 0 amide bonds. The van der Waals surface area contributed by atoms with E-state index in [1.807, 2.05) is 18.3 Å². The molecule has 0 saturated carbocycles.